The summed E-state index contributed by atoms with van der Waals surface area (Å²) in [5.41, 5.74) is 0.454. The van der Waals surface area contributed by atoms with Gasteiger partial charge < -0.3 is 20.9 Å². The summed E-state index contributed by atoms with van der Waals surface area (Å²) in [4.78, 5) is 24.3. The maximum Gasteiger partial charge on any atom is 0.416 e. The van der Waals surface area contributed by atoms with Gasteiger partial charge >= 0.3 is 12.2 Å². The first kappa shape index (κ1) is 21.7. The lowest BCUT2D eigenvalue weighted by atomic mass is 10.1. The van der Waals surface area contributed by atoms with Crippen LogP contribution in [0.3, 0.4) is 0 Å². The molecule has 2 amide bonds. The zero-order chi connectivity index (χ0) is 23.1. The van der Waals surface area contributed by atoms with E-state index in [-0.39, 0.29) is 17.6 Å². The molecule has 170 valence electrons. The molecule has 2 aromatic rings. The van der Waals surface area contributed by atoms with Gasteiger partial charge in [0.25, 0.3) is 0 Å². The van der Waals surface area contributed by atoms with E-state index in [1.54, 1.807) is 17.2 Å². The van der Waals surface area contributed by atoms with Crippen molar-refractivity contribution in [2.45, 2.75) is 38.5 Å². The summed E-state index contributed by atoms with van der Waals surface area (Å²) < 4.78 is 38.3. The molecule has 1 fully saturated rings. The lowest BCUT2D eigenvalue weighted by Gasteiger charge is -2.19. The Balaban J connectivity index is 1.43. The third-order valence-corrected chi connectivity index (χ3v) is 5.25. The van der Waals surface area contributed by atoms with Crippen molar-refractivity contribution in [3.05, 3.63) is 54.0 Å². The molecule has 0 bridgehead atoms. The van der Waals surface area contributed by atoms with Crippen LogP contribution < -0.4 is 25.8 Å². The molecule has 11 heteroatoms. The summed E-state index contributed by atoms with van der Waals surface area (Å²) in [7, 11) is 0. The average Bonchev–Trinajstić information content (AvgIpc) is 3.32. The Bertz CT molecular complexity index is 1040. The van der Waals surface area contributed by atoms with Crippen molar-refractivity contribution in [1.29, 1.82) is 0 Å². The number of benzene rings is 1. The van der Waals surface area contributed by atoms with E-state index in [0.29, 0.717) is 30.7 Å². The second-order valence-electron chi connectivity index (χ2n) is 8.44. The molecule has 1 saturated heterocycles. The molecule has 0 aliphatic carbocycles. The number of alkyl halides is 3. The fourth-order valence-corrected chi connectivity index (χ4v) is 3.60. The van der Waals surface area contributed by atoms with Crippen LogP contribution in [0.5, 0.6) is 0 Å². The second-order valence-corrected chi connectivity index (χ2v) is 8.44. The van der Waals surface area contributed by atoms with E-state index in [1.807, 2.05) is 31.9 Å². The van der Waals surface area contributed by atoms with Crippen molar-refractivity contribution in [2.24, 2.45) is 0 Å². The number of carbonyl (C=O) groups excluding carboxylic acids is 1. The SMILES string of the molecule is CC(Nc1nccc(N2CC(C)(C)NC2=O)n1)C1=CN(c2ccc(C(F)(F)F)cc2)CN1. The number of urea groups is 1. The highest BCUT2D eigenvalue weighted by Gasteiger charge is 2.36. The van der Waals surface area contributed by atoms with E-state index in [9.17, 15) is 18.0 Å². The van der Waals surface area contributed by atoms with Gasteiger partial charge in [-0.15, -0.1) is 0 Å². The Kier molecular flexibility index (Phi) is 5.35. The van der Waals surface area contributed by atoms with Gasteiger partial charge in [-0.1, -0.05) is 0 Å². The number of carbonyl (C=O) groups is 1. The Labute approximate surface area is 183 Å². The molecule has 3 heterocycles. The zero-order valence-corrected chi connectivity index (χ0v) is 17.9. The van der Waals surface area contributed by atoms with Crippen molar-refractivity contribution < 1.29 is 18.0 Å². The largest absolute Gasteiger partial charge is 0.416 e. The Morgan fingerprint density at radius 2 is 1.91 bits per heavy atom. The van der Waals surface area contributed by atoms with Gasteiger partial charge in [0.15, 0.2) is 0 Å². The maximum atomic E-state index is 12.8. The van der Waals surface area contributed by atoms with E-state index in [0.717, 1.165) is 17.8 Å². The molecule has 0 saturated carbocycles. The Morgan fingerprint density at radius 1 is 1.19 bits per heavy atom. The fourth-order valence-electron chi connectivity index (χ4n) is 3.60. The van der Waals surface area contributed by atoms with Crippen LogP contribution in [-0.2, 0) is 6.18 Å². The highest BCUT2D eigenvalue weighted by molar-refractivity contribution is 5.94. The van der Waals surface area contributed by atoms with Crippen molar-refractivity contribution >= 4 is 23.5 Å². The van der Waals surface area contributed by atoms with Crippen LogP contribution in [0, 0.1) is 0 Å². The third kappa shape index (κ3) is 4.56. The molecule has 0 spiro atoms. The number of hydrogen-bond acceptors (Lipinski definition) is 6. The van der Waals surface area contributed by atoms with Crippen LogP contribution in [0.25, 0.3) is 0 Å². The standard InChI is InChI=1S/C21H24F3N7O/c1-13(16-10-30(12-26-16)15-6-4-14(5-7-15)21(22,23)24)27-18-25-9-8-17(28-18)31-11-20(2,3)29-19(31)32/h4-10,13,26H,11-12H2,1-3H3,(H,29,32)(H,25,27,28). The summed E-state index contributed by atoms with van der Waals surface area (Å²) in [6, 6.07) is 6.29. The smallest absolute Gasteiger partial charge is 0.368 e. The van der Waals surface area contributed by atoms with Crippen molar-refractivity contribution in [3.8, 4) is 0 Å². The van der Waals surface area contributed by atoms with E-state index in [1.165, 1.54) is 12.1 Å². The van der Waals surface area contributed by atoms with Gasteiger partial charge in [-0.2, -0.15) is 18.2 Å². The summed E-state index contributed by atoms with van der Waals surface area (Å²) >= 11 is 0. The number of hydrogen-bond donors (Lipinski definition) is 3. The molecule has 3 N–H and O–H groups in total. The highest BCUT2D eigenvalue weighted by Crippen LogP contribution is 2.31. The van der Waals surface area contributed by atoms with E-state index < -0.39 is 11.7 Å². The van der Waals surface area contributed by atoms with E-state index in [4.69, 9.17) is 0 Å². The first-order valence-electron chi connectivity index (χ1n) is 10.1. The molecule has 1 atom stereocenters. The monoisotopic (exact) mass is 447 g/mol. The molecule has 2 aliphatic rings. The molecular weight excluding hydrogens is 423 g/mol. The molecule has 1 unspecified atom stereocenters. The molecule has 1 aromatic heterocycles. The minimum atomic E-state index is -4.36. The Hall–Kier alpha value is -3.50. The van der Waals surface area contributed by atoms with Gasteiger partial charge in [0.1, 0.15) is 5.82 Å². The zero-order valence-electron chi connectivity index (χ0n) is 17.9. The number of rotatable bonds is 5. The van der Waals surface area contributed by atoms with Crippen molar-refractivity contribution in [1.82, 2.24) is 20.6 Å². The topological polar surface area (TPSA) is 85.4 Å². The molecule has 0 radical (unpaired) electrons. The predicted octanol–water partition coefficient (Wildman–Crippen LogP) is 3.51. The van der Waals surface area contributed by atoms with Crippen LogP contribution in [0.4, 0.5) is 35.4 Å². The molecule has 32 heavy (non-hydrogen) atoms. The average molecular weight is 447 g/mol. The molecule has 8 nitrogen and oxygen atoms in total. The summed E-state index contributed by atoms with van der Waals surface area (Å²) in [6.45, 7) is 6.71. The van der Waals surface area contributed by atoms with Gasteiger partial charge in [0, 0.05) is 18.1 Å². The lowest BCUT2D eigenvalue weighted by molar-refractivity contribution is -0.137. The van der Waals surface area contributed by atoms with Crippen LogP contribution >= 0.6 is 0 Å². The van der Waals surface area contributed by atoms with Crippen molar-refractivity contribution in [2.75, 3.05) is 28.3 Å². The highest BCUT2D eigenvalue weighted by atomic mass is 19.4. The maximum absolute atomic E-state index is 12.8. The molecule has 4 rings (SSSR count). The quantitative estimate of drug-likeness (QED) is 0.651. The Morgan fingerprint density at radius 3 is 2.53 bits per heavy atom. The minimum absolute atomic E-state index is 0.200. The lowest BCUT2D eigenvalue weighted by Crippen LogP contribution is -2.36. The number of anilines is 3. The van der Waals surface area contributed by atoms with E-state index >= 15 is 0 Å². The first-order valence-corrected chi connectivity index (χ1v) is 10.1. The number of nitrogens with zero attached hydrogens (tertiary/aromatic N) is 4. The summed E-state index contributed by atoms with van der Waals surface area (Å²) in [5.74, 6) is 0.862. The molecule has 2 aliphatic heterocycles. The van der Waals surface area contributed by atoms with Gasteiger partial charge in [0.05, 0.1) is 36.1 Å². The first-order chi connectivity index (χ1) is 15.0. The summed E-state index contributed by atoms with van der Waals surface area (Å²) in [6.07, 6.45) is -0.942. The predicted molar refractivity (Wildman–Crippen MR) is 115 cm³/mol. The normalized spacial score (nSPS) is 18.8. The van der Waals surface area contributed by atoms with Gasteiger partial charge in [-0.3, -0.25) is 4.90 Å². The fraction of sp³-hybridized carbons (Fsp3) is 0.381. The number of halogens is 3. The second kappa shape index (κ2) is 7.88. The van der Waals surface area contributed by atoms with Crippen LogP contribution in [-0.4, -0.2) is 40.8 Å². The third-order valence-electron chi connectivity index (χ3n) is 5.25. The van der Waals surface area contributed by atoms with Crippen molar-refractivity contribution in [3.63, 3.8) is 0 Å². The molecular formula is C21H24F3N7O. The van der Waals surface area contributed by atoms with Gasteiger partial charge in [-0.25, -0.2) is 9.78 Å². The molecule has 1 aromatic carbocycles. The number of aromatic nitrogens is 2. The van der Waals surface area contributed by atoms with Gasteiger partial charge in [0.2, 0.25) is 5.95 Å². The number of nitrogens with one attached hydrogen (secondary N) is 3. The summed E-state index contributed by atoms with van der Waals surface area (Å²) in [5, 5.41) is 9.33. The van der Waals surface area contributed by atoms with Gasteiger partial charge in [-0.05, 0) is 51.1 Å². The van der Waals surface area contributed by atoms with E-state index in [2.05, 4.69) is 25.9 Å². The van der Waals surface area contributed by atoms with Crippen LogP contribution in [0.1, 0.15) is 26.3 Å². The van der Waals surface area contributed by atoms with Crippen LogP contribution in [0.2, 0.25) is 0 Å². The minimum Gasteiger partial charge on any atom is -0.368 e. The number of amides is 2. The van der Waals surface area contributed by atoms with Crippen LogP contribution in [0.15, 0.2) is 48.4 Å².